The van der Waals surface area contributed by atoms with Crippen LogP contribution in [0.1, 0.15) is 68.8 Å². The first-order chi connectivity index (χ1) is 18.4. The van der Waals surface area contributed by atoms with E-state index in [1.165, 1.54) is 25.3 Å². The Morgan fingerprint density at radius 3 is 2.49 bits per heavy atom. The predicted molar refractivity (Wildman–Crippen MR) is 132 cm³/mol. The molecule has 1 unspecified atom stereocenters. The van der Waals surface area contributed by atoms with Gasteiger partial charge in [0.25, 0.3) is 0 Å². The number of hydrogen-bond donors (Lipinski definition) is 6. The Morgan fingerprint density at radius 1 is 1.15 bits per heavy atom. The van der Waals surface area contributed by atoms with Gasteiger partial charge in [-0.25, -0.2) is 0 Å². The number of benzene rings is 2. The predicted octanol–water partition coefficient (Wildman–Crippen LogP) is 0.00130. The summed E-state index contributed by atoms with van der Waals surface area (Å²) in [4.78, 5) is 39.7. The summed E-state index contributed by atoms with van der Waals surface area (Å²) in [6.45, 7) is 0.560. The number of carbonyl (C=O) groups excluding carboxylic acids is 3. The van der Waals surface area contributed by atoms with Gasteiger partial charge < -0.3 is 45.5 Å². The van der Waals surface area contributed by atoms with Crippen molar-refractivity contribution in [3.05, 3.63) is 51.6 Å². The van der Waals surface area contributed by atoms with Gasteiger partial charge in [-0.05, 0) is 13.0 Å². The maximum atomic E-state index is 13.6. The molecule has 39 heavy (non-hydrogen) atoms. The fraction of sp³-hybridized carbons (Fsp3) is 0.444. The number of aliphatic hydroxyl groups is 3. The van der Waals surface area contributed by atoms with E-state index in [1.54, 1.807) is 6.92 Å². The molecule has 0 spiro atoms. The Labute approximate surface area is 222 Å². The van der Waals surface area contributed by atoms with E-state index in [1.807, 2.05) is 0 Å². The molecule has 12 heteroatoms. The number of Topliss-reactive ketones (excluding diaryl/α,β-unsaturated/α-hetero) is 1. The van der Waals surface area contributed by atoms with Gasteiger partial charge in [0.2, 0.25) is 5.78 Å². The molecule has 2 aromatic carbocycles. The highest BCUT2D eigenvalue weighted by Crippen LogP contribution is 2.52. The van der Waals surface area contributed by atoms with Crippen molar-refractivity contribution < 1.29 is 54.1 Å². The second-order valence-electron chi connectivity index (χ2n) is 10.2. The lowest BCUT2D eigenvalue weighted by molar-refractivity contribution is -0.247. The van der Waals surface area contributed by atoms with Crippen molar-refractivity contribution in [3.63, 3.8) is 0 Å². The largest absolute Gasteiger partial charge is 0.507 e. The summed E-state index contributed by atoms with van der Waals surface area (Å²) in [7, 11) is 1.32. The monoisotopic (exact) mass is 543 g/mol. The molecule has 6 atom stereocenters. The van der Waals surface area contributed by atoms with Crippen LogP contribution in [0.25, 0.3) is 0 Å². The molecule has 7 N–H and O–H groups in total. The topological polar surface area (TPSA) is 206 Å². The summed E-state index contributed by atoms with van der Waals surface area (Å²) in [5.41, 5.74) is 2.37. The number of ether oxygens (including phenoxy) is 3. The van der Waals surface area contributed by atoms with Crippen LogP contribution < -0.4 is 10.5 Å². The standard InChI is InChI=1S/C27H29NO11/c1-10-22(31)13(28)6-17(38-10)39-15-8-27(36,16(30)9-29)7-12-19(15)26(35)21-20(24(12)33)23(32)11-4-3-5-14(37-2)18(11)25(21)34/h3-5,10,13,15,17,22,29,31,33,35-36H,6-9,28H2,1-2H3/t10?,13-,15+,17+,22+,27+/m1/s1. The highest BCUT2D eigenvalue weighted by Gasteiger charge is 2.50. The second kappa shape index (κ2) is 9.66. The van der Waals surface area contributed by atoms with Crippen molar-refractivity contribution in [2.24, 2.45) is 5.73 Å². The van der Waals surface area contributed by atoms with Gasteiger partial charge in [0, 0.05) is 42.0 Å². The van der Waals surface area contributed by atoms with Gasteiger partial charge in [-0.2, -0.15) is 0 Å². The first-order valence-corrected chi connectivity index (χ1v) is 12.4. The molecule has 1 heterocycles. The van der Waals surface area contributed by atoms with Crippen molar-refractivity contribution in [2.45, 2.75) is 62.4 Å². The van der Waals surface area contributed by atoms with Crippen LogP contribution >= 0.6 is 0 Å². The lowest BCUT2D eigenvalue weighted by atomic mass is 9.72. The molecule has 1 aliphatic heterocycles. The second-order valence-corrected chi connectivity index (χ2v) is 10.2. The maximum absolute atomic E-state index is 13.6. The van der Waals surface area contributed by atoms with E-state index in [2.05, 4.69) is 0 Å². The fourth-order valence-corrected chi connectivity index (χ4v) is 5.75. The molecule has 2 aromatic rings. The Balaban J connectivity index is 1.69. The molecule has 0 saturated carbocycles. The first-order valence-electron chi connectivity index (χ1n) is 12.4. The number of fused-ring (bicyclic) bond motifs is 3. The number of phenols is 2. The van der Waals surface area contributed by atoms with Gasteiger partial charge in [-0.1, -0.05) is 12.1 Å². The summed E-state index contributed by atoms with van der Waals surface area (Å²) in [5.74, 6) is -3.77. The number of aromatic hydroxyl groups is 2. The average molecular weight is 544 g/mol. The minimum absolute atomic E-state index is 0.0173. The molecule has 12 nitrogen and oxygen atoms in total. The van der Waals surface area contributed by atoms with E-state index in [0.717, 1.165) is 0 Å². The number of methoxy groups -OCH3 is 1. The average Bonchev–Trinajstić information content (AvgIpc) is 2.90. The molecule has 2 aliphatic carbocycles. The third-order valence-electron chi connectivity index (χ3n) is 7.81. The smallest absolute Gasteiger partial charge is 0.202 e. The highest BCUT2D eigenvalue weighted by molar-refractivity contribution is 6.31. The molecule has 0 radical (unpaired) electrons. The first kappa shape index (κ1) is 27.2. The van der Waals surface area contributed by atoms with Crippen LogP contribution in [0.3, 0.4) is 0 Å². The molecular weight excluding hydrogens is 514 g/mol. The van der Waals surface area contributed by atoms with E-state index in [-0.39, 0.29) is 34.4 Å². The molecule has 0 amide bonds. The van der Waals surface area contributed by atoms with Crippen LogP contribution in [-0.4, -0.2) is 86.7 Å². The minimum Gasteiger partial charge on any atom is -0.507 e. The van der Waals surface area contributed by atoms with E-state index in [4.69, 9.17) is 19.9 Å². The molecule has 0 aromatic heterocycles. The van der Waals surface area contributed by atoms with Crippen molar-refractivity contribution >= 4 is 17.3 Å². The van der Waals surface area contributed by atoms with Crippen LogP contribution in [0, 0.1) is 0 Å². The van der Waals surface area contributed by atoms with Crippen molar-refractivity contribution in [1.29, 1.82) is 0 Å². The summed E-state index contributed by atoms with van der Waals surface area (Å²) >= 11 is 0. The molecule has 5 rings (SSSR count). The number of ketones is 3. The Morgan fingerprint density at radius 2 is 1.85 bits per heavy atom. The molecular formula is C27H29NO11. The number of aliphatic hydroxyl groups excluding tert-OH is 2. The zero-order valence-electron chi connectivity index (χ0n) is 21.2. The Kier molecular flexibility index (Phi) is 6.74. The number of carbonyl (C=O) groups is 3. The van der Waals surface area contributed by atoms with Gasteiger partial charge in [0.15, 0.2) is 17.9 Å². The minimum atomic E-state index is -2.24. The summed E-state index contributed by atoms with van der Waals surface area (Å²) in [6.07, 6.45) is -5.12. The van der Waals surface area contributed by atoms with E-state index < -0.39 is 95.7 Å². The van der Waals surface area contributed by atoms with Crippen molar-refractivity contribution in [1.82, 2.24) is 0 Å². The van der Waals surface area contributed by atoms with Crippen LogP contribution in [0.4, 0.5) is 0 Å². The maximum Gasteiger partial charge on any atom is 0.202 e. The lowest BCUT2D eigenvalue weighted by Crippen LogP contribution is -2.53. The van der Waals surface area contributed by atoms with Gasteiger partial charge in [-0.3, -0.25) is 14.4 Å². The highest BCUT2D eigenvalue weighted by atomic mass is 16.7. The number of rotatable bonds is 5. The molecule has 0 bridgehead atoms. The number of hydrogen-bond acceptors (Lipinski definition) is 12. The molecule has 1 saturated heterocycles. The van der Waals surface area contributed by atoms with E-state index in [9.17, 15) is 39.9 Å². The van der Waals surface area contributed by atoms with Gasteiger partial charge in [0.1, 0.15) is 29.5 Å². The zero-order valence-corrected chi connectivity index (χ0v) is 21.2. The van der Waals surface area contributed by atoms with E-state index >= 15 is 0 Å². The molecule has 3 aliphatic rings. The third kappa shape index (κ3) is 4.11. The van der Waals surface area contributed by atoms with Crippen LogP contribution in [0.2, 0.25) is 0 Å². The Hall–Kier alpha value is -3.39. The zero-order chi connectivity index (χ0) is 28.4. The summed E-state index contributed by atoms with van der Waals surface area (Å²) in [6, 6.07) is 3.64. The van der Waals surface area contributed by atoms with Gasteiger partial charge in [0.05, 0.1) is 42.1 Å². The van der Waals surface area contributed by atoms with Crippen LogP contribution in [0.5, 0.6) is 17.2 Å². The summed E-state index contributed by atoms with van der Waals surface area (Å²) < 4.78 is 17.0. The van der Waals surface area contributed by atoms with Crippen molar-refractivity contribution in [3.8, 4) is 17.2 Å². The molecule has 208 valence electrons. The molecule has 1 fully saturated rings. The van der Waals surface area contributed by atoms with Crippen molar-refractivity contribution in [2.75, 3.05) is 13.7 Å². The van der Waals surface area contributed by atoms with Gasteiger partial charge >= 0.3 is 0 Å². The lowest BCUT2D eigenvalue weighted by Gasteiger charge is -2.42. The SMILES string of the molecule is COc1cccc2c1C(=O)c1c(O)c3c(c(O)c1C2=O)C[C@@](O)(C(=O)CO)C[C@@H]3O[C@H]1C[C@@H](N)[C@@H](O)C(C)O1. The normalized spacial score (nSPS) is 29.8. The number of nitrogens with two attached hydrogens (primary N) is 1. The Bertz CT molecular complexity index is 1380. The van der Waals surface area contributed by atoms with Gasteiger partial charge in [-0.15, -0.1) is 0 Å². The van der Waals surface area contributed by atoms with Crippen LogP contribution in [0.15, 0.2) is 18.2 Å². The summed E-state index contributed by atoms with van der Waals surface area (Å²) in [5, 5.41) is 53.7. The third-order valence-corrected chi connectivity index (χ3v) is 7.81. The number of phenolic OH excluding ortho intramolecular Hbond substituents is 2. The van der Waals surface area contributed by atoms with Crippen LogP contribution in [-0.2, 0) is 20.7 Å². The van der Waals surface area contributed by atoms with E-state index in [0.29, 0.717) is 0 Å². The quantitative estimate of drug-likeness (QED) is 0.235. The fourth-order valence-electron chi connectivity index (χ4n) is 5.75.